The summed E-state index contributed by atoms with van der Waals surface area (Å²) in [6, 6.07) is 14.9. The Morgan fingerprint density at radius 2 is 2.05 bits per heavy atom. The van der Waals surface area contributed by atoms with Gasteiger partial charge in [0, 0.05) is 33.4 Å². The number of fused-ring (bicyclic) bond motifs is 1. The van der Waals surface area contributed by atoms with Gasteiger partial charge in [0.2, 0.25) is 0 Å². The van der Waals surface area contributed by atoms with Crippen molar-refractivity contribution in [2.45, 2.75) is 13.5 Å². The highest BCUT2D eigenvalue weighted by molar-refractivity contribution is 7.15. The molecule has 0 radical (unpaired) electrons. The minimum absolute atomic E-state index is 0.949. The molecule has 1 N–H and O–H groups in total. The molecule has 0 aliphatic rings. The fourth-order valence-electron chi connectivity index (χ4n) is 2.18. The first-order valence-electron chi connectivity index (χ1n) is 6.52. The van der Waals surface area contributed by atoms with Crippen molar-refractivity contribution in [2.24, 2.45) is 0 Å². The molecule has 0 atom stereocenters. The van der Waals surface area contributed by atoms with E-state index in [4.69, 9.17) is 0 Å². The molecule has 0 unspecified atom stereocenters. The lowest BCUT2D eigenvalue weighted by molar-refractivity contribution is 0.735. The summed E-state index contributed by atoms with van der Waals surface area (Å²) in [5, 5.41) is 4.59. The van der Waals surface area contributed by atoms with E-state index in [1.54, 1.807) is 0 Å². The van der Waals surface area contributed by atoms with Crippen molar-refractivity contribution < 1.29 is 0 Å². The van der Waals surface area contributed by atoms with Crippen LogP contribution in [0.4, 0.5) is 0 Å². The number of benzene rings is 1. The number of thiophene rings is 1. The number of hydrogen-bond acceptors (Lipinski definition) is 3. The third-order valence-electron chi connectivity index (χ3n) is 3.12. The lowest BCUT2D eigenvalue weighted by Crippen LogP contribution is -2.10. The first-order chi connectivity index (χ1) is 9.38. The molecule has 0 fully saturated rings. The van der Waals surface area contributed by atoms with E-state index in [1.165, 1.54) is 20.7 Å². The monoisotopic (exact) mass is 268 g/mol. The van der Waals surface area contributed by atoms with Crippen LogP contribution in [0, 0.1) is 0 Å². The first-order valence-corrected chi connectivity index (χ1v) is 7.33. The quantitative estimate of drug-likeness (QED) is 0.771. The highest BCUT2D eigenvalue weighted by Gasteiger charge is 2.06. The second-order valence-electron chi connectivity index (χ2n) is 4.42. The highest BCUT2D eigenvalue weighted by atomic mass is 32.1. The van der Waals surface area contributed by atoms with Crippen molar-refractivity contribution in [3.8, 4) is 10.4 Å². The van der Waals surface area contributed by atoms with Crippen LogP contribution in [0.25, 0.3) is 21.3 Å². The van der Waals surface area contributed by atoms with Crippen molar-refractivity contribution in [3.05, 3.63) is 53.5 Å². The first kappa shape index (κ1) is 12.3. The standard InChI is InChI=1S/C16H16N2S/c1-2-17-11-12-8-9-16(19-12)14-5-3-7-15-13(14)6-4-10-18-15/h3-10,17H,2,11H2,1H3. The van der Waals surface area contributed by atoms with E-state index in [0.29, 0.717) is 0 Å². The van der Waals surface area contributed by atoms with Gasteiger partial charge in [-0.05, 0) is 30.8 Å². The third-order valence-corrected chi connectivity index (χ3v) is 4.24. The second-order valence-corrected chi connectivity index (χ2v) is 5.59. The Morgan fingerprint density at radius 3 is 2.95 bits per heavy atom. The molecule has 2 nitrogen and oxygen atoms in total. The topological polar surface area (TPSA) is 24.9 Å². The molecule has 96 valence electrons. The number of nitrogens with zero attached hydrogens (tertiary/aromatic N) is 1. The third kappa shape index (κ3) is 2.53. The predicted molar refractivity (Wildman–Crippen MR) is 82.4 cm³/mol. The van der Waals surface area contributed by atoms with E-state index in [1.807, 2.05) is 23.6 Å². The van der Waals surface area contributed by atoms with Gasteiger partial charge in [-0.15, -0.1) is 11.3 Å². The van der Waals surface area contributed by atoms with Crippen LogP contribution < -0.4 is 5.32 Å². The van der Waals surface area contributed by atoms with Gasteiger partial charge < -0.3 is 5.32 Å². The maximum Gasteiger partial charge on any atom is 0.0708 e. The molecule has 2 aromatic heterocycles. The lowest BCUT2D eigenvalue weighted by atomic mass is 10.1. The maximum absolute atomic E-state index is 4.42. The van der Waals surface area contributed by atoms with Gasteiger partial charge in [0.05, 0.1) is 5.52 Å². The number of hydrogen-bond donors (Lipinski definition) is 1. The number of aromatic nitrogens is 1. The predicted octanol–water partition coefficient (Wildman–Crippen LogP) is 4.07. The minimum atomic E-state index is 0.949. The Bertz CT molecular complexity index is 683. The van der Waals surface area contributed by atoms with Crippen LogP contribution in [0.2, 0.25) is 0 Å². The van der Waals surface area contributed by atoms with Gasteiger partial charge in [-0.3, -0.25) is 4.98 Å². The van der Waals surface area contributed by atoms with Crippen LogP contribution in [-0.2, 0) is 6.54 Å². The lowest BCUT2D eigenvalue weighted by Gasteiger charge is -2.03. The molecule has 2 heterocycles. The van der Waals surface area contributed by atoms with Gasteiger partial charge in [0.1, 0.15) is 0 Å². The Balaban J connectivity index is 2.02. The van der Waals surface area contributed by atoms with E-state index in [9.17, 15) is 0 Å². The normalized spacial score (nSPS) is 11.0. The zero-order chi connectivity index (χ0) is 13.1. The van der Waals surface area contributed by atoms with Crippen LogP contribution in [0.5, 0.6) is 0 Å². The van der Waals surface area contributed by atoms with Crippen LogP contribution in [0.1, 0.15) is 11.8 Å². The van der Waals surface area contributed by atoms with Crippen LogP contribution >= 0.6 is 11.3 Å². The van der Waals surface area contributed by atoms with Crippen LogP contribution in [0.3, 0.4) is 0 Å². The Morgan fingerprint density at radius 1 is 1.11 bits per heavy atom. The molecule has 0 aliphatic heterocycles. The zero-order valence-electron chi connectivity index (χ0n) is 10.9. The molecular weight excluding hydrogens is 252 g/mol. The van der Waals surface area contributed by atoms with Gasteiger partial charge in [-0.1, -0.05) is 25.1 Å². The molecule has 1 aromatic carbocycles. The minimum Gasteiger partial charge on any atom is -0.312 e. The summed E-state index contributed by atoms with van der Waals surface area (Å²) in [5.41, 5.74) is 2.33. The van der Waals surface area contributed by atoms with E-state index in [-0.39, 0.29) is 0 Å². The number of rotatable bonds is 4. The van der Waals surface area contributed by atoms with Crippen molar-refractivity contribution >= 4 is 22.2 Å². The molecule has 0 spiro atoms. The summed E-state index contributed by atoms with van der Waals surface area (Å²) >= 11 is 1.85. The fraction of sp³-hybridized carbons (Fsp3) is 0.188. The van der Waals surface area contributed by atoms with Gasteiger partial charge in [0.25, 0.3) is 0 Å². The van der Waals surface area contributed by atoms with E-state index >= 15 is 0 Å². The fourth-order valence-corrected chi connectivity index (χ4v) is 3.20. The molecule has 3 rings (SSSR count). The molecular formula is C16H16N2S. The van der Waals surface area contributed by atoms with Gasteiger partial charge >= 0.3 is 0 Å². The molecule has 0 aliphatic carbocycles. The highest BCUT2D eigenvalue weighted by Crippen LogP contribution is 2.32. The Hall–Kier alpha value is -1.71. The summed E-state index contributed by atoms with van der Waals surface area (Å²) in [4.78, 5) is 7.10. The Kier molecular flexibility index (Phi) is 3.58. The molecule has 0 bridgehead atoms. The Labute approximate surface area is 117 Å². The average Bonchev–Trinajstić information content (AvgIpc) is 2.93. The number of pyridine rings is 1. The largest absolute Gasteiger partial charge is 0.312 e. The van der Waals surface area contributed by atoms with Crippen molar-refractivity contribution in [1.82, 2.24) is 10.3 Å². The second kappa shape index (κ2) is 5.51. The van der Waals surface area contributed by atoms with Gasteiger partial charge in [0.15, 0.2) is 0 Å². The molecule has 19 heavy (non-hydrogen) atoms. The number of nitrogens with one attached hydrogen (secondary N) is 1. The van der Waals surface area contributed by atoms with Crippen LogP contribution in [-0.4, -0.2) is 11.5 Å². The SMILES string of the molecule is CCNCc1ccc(-c2cccc3ncccc23)s1. The summed E-state index contributed by atoms with van der Waals surface area (Å²) in [5.74, 6) is 0. The zero-order valence-corrected chi connectivity index (χ0v) is 11.7. The van der Waals surface area contributed by atoms with E-state index in [2.05, 4.69) is 53.6 Å². The molecule has 3 aromatic rings. The summed E-state index contributed by atoms with van der Waals surface area (Å²) in [7, 11) is 0. The summed E-state index contributed by atoms with van der Waals surface area (Å²) in [6.45, 7) is 4.08. The van der Waals surface area contributed by atoms with E-state index in [0.717, 1.165) is 18.6 Å². The summed E-state index contributed by atoms with van der Waals surface area (Å²) < 4.78 is 0. The van der Waals surface area contributed by atoms with Crippen molar-refractivity contribution in [2.75, 3.05) is 6.54 Å². The molecule has 0 amide bonds. The van der Waals surface area contributed by atoms with Crippen molar-refractivity contribution in [1.29, 1.82) is 0 Å². The van der Waals surface area contributed by atoms with Crippen molar-refractivity contribution in [3.63, 3.8) is 0 Å². The van der Waals surface area contributed by atoms with Gasteiger partial charge in [-0.25, -0.2) is 0 Å². The maximum atomic E-state index is 4.42. The molecule has 0 saturated carbocycles. The van der Waals surface area contributed by atoms with Gasteiger partial charge in [-0.2, -0.15) is 0 Å². The smallest absolute Gasteiger partial charge is 0.0708 e. The molecule has 0 saturated heterocycles. The van der Waals surface area contributed by atoms with Crippen LogP contribution in [0.15, 0.2) is 48.7 Å². The summed E-state index contributed by atoms with van der Waals surface area (Å²) in [6.07, 6.45) is 1.84. The molecule has 3 heteroatoms. The van der Waals surface area contributed by atoms with E-state index < -0.39 is 0 Å². The average molecular weight is 268 g/mol.